The summed E-state index contributed by atoms with van der Waals surface area (Å²) in [6, 6.07) is 3.83. The third-order valence-electron chi connectivity index (χ3n) is 2.86. The van der Waals surface area contributed by atoms with Crippen LogP contribution in [0.25, 0.3) is 5.57 Å². The topological polar surface area (TPSA) is 12.4 Å². The Balaban J connectivity index is 2.47. The Hall–Kier alpha value is -1.65. The molecule has 5 heteroatoms. The molecular formula is C13H11F4N. The minimum Gasteiger partial charge on any atom is -0.229 e. The lowest BCUT2D eigenvalue weighted by molar-refractivity contribution is -0.138. The molecule has 0 saturated carbocycles. The fourth-order valence-corrected chi connectivity index (χ4v) is 1.94. The van der Waals surface area contributed by atoms with Gasteiger partial charge in [-0.3, -0.25) is 0 Å². The summed E-state index contributed by atoms with van der Waals surface area (Å²) in [5, 5.41) is 0. The molecule has 1 aliphatic heterocycles. The van der Waals surface area contributed by atoms with E-state index in [-0.39, 0.29) is 23.1 Å². The number of benzene rings is 1. The quantitative estimate of drug-likeness (QED) is 0.518. The van der Waals surface area contributed by atoms with E-state index in [9.17, 15) is 17.6 Å². The molecule has 18 heavy (non-hydrogen) atoms. The molecule has 1 aromatic carbocycles. The first-order valence-corrected chi connectivity index (χ1v) is 5.40. The largest absolute Gasteiger partial charge is 0.416 e. The summed E-state index contributed by atoms with van der Waals surface area (Å²) >= 11 is 0. The summed E-state index contributed by atoms with van der Waals surface area (Å²) in [7, 11) is 0. The summed E-state index contributed by atoms with van der Waals surface area (Å²) < 4.78 is 51.7. The van der Waals surface area contributed by atoms with Gasteiger partial charge in [-0.2, -0.15) is 17.6 Å². The second-order valence-corrected chi connectivity index (χ2v) is 4.32. The van der Waals surface area contributed by atoms with Crippen molar-refractivity contribution in [3.8, 4) is 0 Å². The Bertz CT molecular complexity index is 553. The number of allylic oxidation sites excluding steroid dienone is 1. The minimum atomic E-state index is -4.42. The summed E-state index contributed by atoms with van der Waals surface area (Å²) in [4.78, 5) is 3.61. The van der Waals surface area contributed by atoms with Crippen LogP contribution in [0.5, 0.6) is 0 Å². The minimum absolute atomic E-state index is 0.128. The SMILES string of the molecule is CC1=NC(F)=C(c2ccc(C)c(C(F)(F)F)c2)C1. The van der Waals surface area contributed by atoms with E-state index in [4.69, 9.17) is 0 Å². The van der Waals surface area contributed by atoms with Crippen LogP contribution >= 0.6 is 0 Å². The highest BCUT2D eigenvalue weighted by Crippen LogP contribution is 2.36. The Morgan fingerprint density at radius 1 is 1.17 bits per heavy atom. The standard InChI is InChI=1S/C13H11F4N/c1-7-3-4-9(6-11(7)13(15,16)17)10-5-8(2)18-12(10)14/h3-4,6H,5H2,1-2H3. The number of rotatable bonds is 1. The van der Waals surface area contributed by atoms with Crippen molar-refractivity contribution >= 4 is 11.3 Å². The molecule has 0 aromatic heterocycles. The van der Waals surface area contributed by atoms with E-state index in [2.05, 4.69) is 4.99 Å². The van der Waals surface area contributed by atoms with Crippen LogP contribution in [0.15, 0.2) is 29.1 Å². The van der Waals surface area contributed by atoms with Crippen LogP contribution in [0.1, 0.15) is 30.0 Å². The molecule has 1 nitrogen and oxygen atoms in total. The first-order chi connectivity index (χ1) is 8.29. The first-order valence-electron chi connectivity index (χ1n) is 5.40. The monoisotopic (exact) mass is 257 g/mol. The molecule has 96 valence electrons. The van der Waals surface area contributed by atoms with Gasteiger partial charge in [0.1, 0.15) is 0 Å². The predicted octanol–water partition coefficient (Wildman–Crippen LogP) is 4.52. The number of hydrogen-bond acceptors (Lipinski definition) is 1. The van der Waals surface area contributed by atoms with Gasteiger partial charge in [0.05, 0.1) is 5.56 Å². The van der Waals surface area contributed by atoms with Crippen LogP contribution in [0.2, 0.25) is 0 Å². The molecule has 1 heterocycles. The Morgan fingerprint density at radius 3 is 2.33 bits per heavy atom. The number of halogens is 4. The van der Waals surface area contributed by atoms with Crippen LogP contribution in [-0.4, -0.2) is 5.71 Å². The number of aryl methyl sites for hydroxylation is 1. The average molecular weight is 257 g/mol. The summed E-state index contributed by atoms with van der Waals surface area (Å²) in [5.41, 5.74) is 0.424. The van der Waals surface area contributed by atoms with E-state index in [1.807, 2.05) is 0 Å². The molecule has 0 N–H and O–H groups in total. The van der Waals surface area contributed by atoms with Gasteiger partial charge in [0.25, 0.3) is 0 Å². The number of aliphatic imine (C=N–C) groups is 1. The summed E-state index contributed by atoms with van der Waals surface area (Å²) in [6.07, 6.45) is -4.17. The van der Waals surface area contributed by atoms with Crippen molar-refractivity contribution < 1.29 is 17.6 Å². The maximum absolute atomic E-state index is 13.5. The zero-order valence-electron chi connectivity index (χ0n) is 9.90. The molecular weight excluding hydrogens is 246 g/mol. The van der Waals surface area contributed by atoms with Crippen molar-refractivity contribution in [2.45, 2.75) is 26.4 Å². The number of nitrogens with zero attached hydrogens (tertiary/aromatic N) is 1. The van der Waals surface area contributed by atoms with E-state index in [1.165, 1.54) is 19.1 Å². The zero-order chi connectivity index (χ0) is 13.5. The highest BCUT2D eigenvalue weighted by Gasteiger charge is 2.33. The summed E-state index contributed by atoms with van der Waals surface area (Å²) in [6.45, 7) is 3.03. The predicted molar refractivity (Wildman–Crippen MR) is 61.9 cm³/mol. The maximum Gasteiger partial charge on any atom is 0.416 e. The van der Waals surface area contributed by atoms with Crippen molar-refractivity contribution in [1.82, 2.24) is 0 Å². The fraction of sp³-hybridized carbons (Fsp3) is 0.308. The van der Waals surface area contributed by atoms with E-state index in [0.29, 0.717) is 5.71 Å². The maximum atomic E-state index is 13.5. The molecule has 1 aliphatic rings. The van der Waals surface area contributed by atoms with Gasteiger partial charge in [0, 0.05) is 17.7 Å². The van der Waals surface area contributed by atoms with Gasteiger partial charge >= 0.3 is 6.18 Å². The molecule has 0 radical (unpaired) electrons. The highest BCUT2D eigenvalue weighted by molar-refractivity contribution is 5.97. The number of hydrogen-bond donors (Lipinski definition) is 0. The van der Waals surface area contributed by atoms with E-state index >= 15 is 0 Å². The van der Waals surface area contributed by atoms with Crippen LogP contribution in [0.4, 0.5) is 17.6 Å². The van der Waals surface area contributed by atoms with Gasteiger partial charge in [-0.05, 0) is 31.0 Å². The van der Waals surface area contributed by atoms with Crippen LogP contribution in [0.3, 0.4) is 0 Å². The van der Waals surface area contributed by atoms with E-state index in [0.717, 1.165) is 6.07 Å². The first kappa shape index (κ1) is 12.8. The van der Waals surface area contributed by atoms with Crippen LogP contribution < -0.4 is 0 Å². The highest BCUT2D eigenvalue weighted by atomic mass is 19.4. The molecule has 0 amide bonds. The normalized spacial score (nSPS) is 16.2. The average Bonchev–Trinajstić information content (AvgIpc) is 2.57. The van der Waals surface area contributed by atoms with Gasteiger partial charge in [-0.25, -0.2) is 4.99 Å². The lowest BCUT2D eigenvalue weighted by Gasteiger charge is -2.12. The van der Waals surface area contributed by atoms with Crippen LogP contribution in [-0.2, 0) is 6.18 Å². The van der Waals surface area contributed by atoms with Gasteiger partial charge in [-0.1, -0.05) is 12.1 Å². The third kappa shape index (κ3) is 2.30. The van der Waals surface area contributed by atoms with Crippen LogP contribution in [0, 0.1) is 6.92 Å². The smallest absolute Gasteiger partial charge is 0.229 e. The molecule has 0 saturated heterocycles. The molecule has 0 spiro atoms. The molecule has 0 aliphatic carbocycles. The van der Waals surface area contributed by atoms with Crippen molar-refractivity contribution in [3.05, 3.63) is 40.8 Å². The Labute approximate surface area is 102 Å². The van der Waals surface area contributed by atoms with E-state index in [1.54, 1.807) is 6.92 Å². The second-order valence-electron chi connectivity index (χ2n) is 4.32. The lowest BCUT2D eigenvalue weighted by atomic mass is 9.98. The van der Waals surface area contributed by atoms with Crippen molar-refractivity contribution in [3.63, 3.8) is 0 Å². The molecule has 0 fully saturated rings. The Morgan fingerprint density at radius 2 is 1.83 bits per heavy atom. The fourth-order valence-electron chi connectivity index (χ4n) is 1.94. The molecule has 0 bridgehead atoms. The summed E-state index contributed by atoms with van der Waals surface area (Å²) in [5.74, 6) is -0.690. The number of alkyl halides is 3. The molecule has 1 aromatic rings. The second kappa shape index (κ2) is 4.23. The molecule has 0 unspecified atom stereocenters. The van der Waals surface area contributed by atoms with Crippen molar-refractivity contribution in [1.29, 1.82) is 0 Å². The molecule has 0 atom stereocenters. The Kier molecular flexibility index (Phi) is 3.00. The van der Waals surface area contributed by atoms with Gasteiger partial charge in [0.2, 0.25) is 5.95 Å². The van der Waals surface area contributed by atoms with Gasteiger partial charge < -0.3 is 0 Å². The van der Waals surface area contributed by atoms with Crippen molar-refractivity contribution in [2.24, 2.45) is 4.99 Å². The van der Waals surface area contributed by atoms with E-state index < -0.39 is 17.7 Å². The van der Waals surface area contributed by atoms with Crippen molar-refractivity contribution in [2.75, 3.05) is 0 Å². The van der Waals surface area contributed by atoms with Gasteiger partial charge in [0.15, 0.2) is 0 Å². The molecule has 2 rings (SSSR count). The van der Waals surface area contributed by atoms with Gasteiger partial charge in [-0.15, -0.1) is 0 Å². The zero-order valence-corrected chi connectivity index (χ0v) is 9.90. The third-order valence-corrected chi connectivity index (χ3v) is 2.86. The lowest BCUT2D eigenvalue weighted by Crippen LogP contribution is -2.08.